The van der Waals surface area contributed by atoms with Crippen molar-refractivity contribution in [3.63, 3.8) is 0 Å². The molecule has 0 atom stereocenters. The second kappa shape index (κ2) is 22.1. The van der Waals surface area contributed by atoms with Crippen LogP contribution in [0.4, 0.5) is 22.7 Å². The number of rotatable bonds is 12. The molecule has 3 heterocycles. The number of benzene rings is 10. The van der Waals surface area contributed by atoms with Crippen LogP contribution in [0.3, 0.4) is 0 Å². The number of aromatic nitrogens is 2. The van der Waals surface area contributed by atoms with Gasteiger partial charge in [0, 0.05) is 66.1 Å². The molecule has 85 heavy (non-hydrogen) atoms. The molecular formula is C80H71N4Pt-3. The van der Waals surface area contributed by atoms with Crippen LogP contribution in [0.2, 0.25) is 0 Å². The van der Waals surface area contributed by atoms with Gasteiger partial charge in [0.2, 0.25) is 0 Å². The Morgan fingerprint density at radius 3 is 1.44 bits per heavy atom. The maximum Gasteiger partial charge on any atom is 0.135 e. The molecule has 0 spiro atoms. The van der Waals surface area contributed by atoms with Crippen LogP contribution < -0.4 is 9.80 Å². The third-order valence-electron chi connectivity index (χ3n) is 18.0. The summed E-state index contributed by atoms with van der Waals surface area (Å²) in [5, 5.41) is 2.24. The third kappa shape index (κ3) is 9.93. The van der Waals surface area contributed by atoms with Gasteiger partial charge in [-0.1, -0.05) is 243 Å². The fourth-order valence-corrected chi connectivity index (χ4v) is 13.0. The largest absolute Gasteiger partial charge is 0.493 e. The van der Waals surface area contributed by atoms with Gasteiger partial charge in [-0.3, -0.25) is 0 Å². The molecule has 0 amide bonds. The van der Waals surface area contributed by atoms with Crippen molar-refractivity contribution in [2.75, 3.05) is 9.80 Å². The van der Waals surface area contributed by atoms with Crippen molar-refractivity contribution < 1.29 is 21.1 Å². The van der Waals surface area contributed by atoms with Gasteiger partial charge in [0.05, 0.1) is 0 Å². The number of para-hydroxylation sites is 2. The summed E-state index contributed by atoms with van der Waals surface area (Å²) in [6.07, 6.45) is 1.99. The summed E-state index contributed by atoms with van der Waals surface area (Å²) in [6.45, 7) is 23.1. The fourth-order valence-electron chi connectivity index (χ4n) is 13.0. The Hall–Kier alpha value is -8.56. The van der Waals surface area contributed by atoms with Crippen molar-refractivity contribution in [3.8, 4) is 5.82 Å². The molecule has 5 heteroatoms. The number of pyridine rings is 1. The van der Waals surface area contributed by atoms with Crippen LogP contribution in [0.1, 0.15) is 124 Å². The minimum atomic E-state index is -0.898. The van der Waals surface area contributed by atoms with E-state index in [-0.39, 0.29) is 37.3 Å². The Kier molecular flexibility index (Phi) is 14.8. The summed E-state index contributed by atoms with van der Waals surface area (Å²) in [5.41, 5.74) is 17.4. The van der Waals surface area contributed by atoms with E-state index in [1.54, 1.807) is 0 Å². The van der Waals surface area contributed by atoms with Gasteiger partial charge in [0.1, 0.15) is 5.82 Å². The molecule has 0 N–H and O–H groups in total. The van der Waals surface area contributed by atoms with Crippen LogP contribution in [-0.4, -0.2) is 9.55 Å². The van der Waals surface area contributed by atoms with Gasteiger partial charge in [-0.25, -0.2) is 4.98 Å². The molecule has 0 unspecified atom stereocenters. The Labute approximate surface area is 517 Å². The van der Waals surface area contributed by atoms with Crippen LogP contribution in [-0.2, 0) is 48.1 Å². The molecule has 424 valence electrons. The molecule has 0 aliphatic carbocycles. The normalized spacial score (nSPS) is 13.0. The predicted molar refractivity (Wildman–Crippen MR) is 350 cm³/mol. The Balaban J connectivity index is 0.00000709. The second-order valence-electron chi connectivity index (χ2n) is 25.5. The van der Waals surface area contributed by atoms with Crippen LogP contribution in [0, 0.1) is 18.8 Å². The first-order valence-corrected chi connectivity index (χ1v) is 29.5. The van der Waals surface area contributed by atoms with Crippen molar-refractivity contribution in [2.45, 2.75) is 89.4 Å². The number of hydrogen-bond donors (Lipinski definition) is 0. The van der Waals surface area contributed by atoms with Gasteiger partial charge in [0.15, 0.2) is 0 Å². The molecule has 1 aliphatic heterocycles. The SMILES string of the molecule is CC(C)(C)c1cc(N2[CH-]N(c3[c-]c(C(c4[c-]c5c(cc4)c4cc(C(C)(C)c6ccccc6)ccc4n5-c4cc(C(C)(c5ccccc5)c5ccccc5)ccn4)(c4ccccc4)c4ccccc4)ccc3)c3ccccc32)cc(C(C)(C)C)c1.[Pt]. The summed E-state index contributed by atoms with van der Waals surface area (Å²) < 4.78 is 2.36. The topological polar surface area (TPSA) is 24.3 Å². The molecule has 0 fully saturated rings. The smallest absolute Gasteiger partial charge is 0.135 e. The van der Waals surface area contributed by atoms with E-state index in [0.29, 0.717) is 0 Å². The van der Waals surface area contributed by atoms with E-state index >= 15 is 0 Å². The molecule has 13 rings (SSSR count). The predicted octanol–water partition coefficient (Wildman–Crippen LogP) is 19.8. The Morgan fingerprint density at radius 2 is 0.882 bits per heavy atom. The van der Waals surface area contributed by atoms with E-state index in [1.165, 1.54) is 33.4 Å². The summed E-state index contributed by atoms with van der Waals surface area (Å²) in [6, 6.07) is 102. The van der Waals surface area contributed by atoms with E-state index < -0.39 is 10.8 Å². The number of nitrogens with zero attached hydrogens (tertiary/aromatic N) is 4. The van der Waals surface area contributed by atoms with E-state index in [2.05, 4.69) is 350 Å². The third-order valence-corrected chi connectivity index (χ3v) is 18.0. The minimum Gasteiger partial charge on any atom is -0.493 e. The quantitative estimate of drug-likeness (QED) is 0.0900. The standard InChI is InChI=1S/C80H71N4.Pt/c1-76(2,3)65-48-66(77(4,5)6)51-68(50-65)83-55-82(72-40-25-26-41-73(72)83)67-39-27-38-63(49-67)80(59-34-21-13-22-35-59,60-36-23-14-24-37-60)64-42-44-69-70-52-61(78(7,8)56-28-15-10-16-29-56)43-45-71(70)84(74(69)53-64)75-54-62(46-47-81-75)79(9,57-30-17-11-18-31-57)58-32-19-12-20-33-58;/h10-48,50-52,54-55H,1-9H3;/q-3;. The summed E-state index contributed by atoms with van der Waals surface area (Å²) in [5.74, 6) is 0.822. The number of fused-ring (bicyclic) bond motifs is 4. The van der Waals surface area contributed by atoms with Gasteiger partial charge >= 0.3 is 0 Å². The van der Waals surface area contributed by atoms with E-state index in [1.807, 2.05) is 6.20 Å². The number of hydrogen-bond acceptors (Lipinski definition) is 3. The van der Waals surface area contributed by atoms with Gasteiger partial charge in [-0.05, 0) is 116 Å². The molecule has 0 saturated carbocycles. The summed E-state index contributed by atoms with van der Waals surface area (Å²) in [7, 11) is 0. The van der Waals surface area contributed by atoms with E-state index in [4.69, 9.17) is 4.98 Å². The van der Waals surface area contributed by atoms with Crippen molar-refractivity contribution in [2.24, 2.45) is 0 Å². The van der Waals surface area contributed by atoms with Crippen molar-refractivity contribution in [1.29, 1.82) is 0 Å². The zero-order chi connectivity index (χ0) is 58.0. The van der Waals surface area contributed by atoms with Crippen LogP contribution in [0.15, 0.2) is 261 Å². The van der Waals surface area contributed by atoms with E-state index in [9.17, 15) is 0 Å². The average Bonchev–Trinajstić information content (AvgIpc) is 1.85. The Morgan fingerprint density at radius 1 is 0.376 bits per heavy atom. The molecule has 1 aliphatic rings. The average molecular weight is 1280 g/mol. The van der Waals surface area contributed by atoms with Crippen LogP contribution in [0.5, 0.6) is 0 Å². The second-order valence-corrected chi connectivity index (χ2v) is 25.5. The first-order chi connectivity index (χ1) is 40.5. The monoisotopic (exact) mass is 1280 g/mol. The molecule has 0 saturated heterocycles. The van der Waals surface area contributed by atoms with Crippen molar-refractivity contribution in [3.05, 3.63) is 341 Å². The zero-order valence-corrected chi connectivity index (χ0v) is 52.3. The van der Waals surface area contributed by atoms with Crippen LogP contribution in [0.25, 0.3) is 27.6 Å². The van der Waals surface area contributed by atoms with Crippen molar-refractivity contribution in [1.82, 2.24) is 9.55 Å². The summed E-state index contributed by atoms with van der Waals surface area (Å²) in [4.78, 5) is 10.0. The van der Waals surface area contributed by atoms with Gasteiger partial charge < -0.3 is 14.4 Å². The first-order valence-electron chi connectivity index (χ1n) is 29.5. The molecule has 10 aromatic carbocycles. The molecule has 4 nitrogen and oxygen atoms in total. The molecular weight excluding hydrogens is 1210 g/mol. The van der Waals surface area contributed by atoms with Crippen molar-refractivity contribution >= 4 is 44.6 Å². The van der Waals surface area contributed by atoms with Gasteiger partial charge in [0.25, 0.3) is 0 Å². The molecule has 12 aromatic rings. The van der Waals surface area contributed by atoms with E-state index in [0.717, 1.165) is 78.2 Å². The maximum absolute atomic E-state index is 5.33. The summed E-state index contributed by atoms with van der Waals surface area (Å²) >= 11 is 0. The molecule has 0 bridgehead atoms. The molecule has 2 aromatic heterocycles. The van der Waals surface area contributed by atoms with Gasteiger partial charge in [-0.15, -0.1) is 28.9 Å². The van der Waals surface area contributed by atoms with Gasteiger partial charge in [-0.2, -0.15) is 42.5 Å². The Bertz CT molecular complexity index is 4230. The minimum absolute atomic E-state index is 0. The number of anilines is 4. The zero-order valence-electron chi connectivity index (χ0n) is 50.0. The molecule has 0 radical (unpaired) electrons. The first kappa shape index (κ1) is 56.9. The van der Waals surface area contributed by atoms with Crippen LogP contribution >= 0.6 is 0 Å². The fraction of sp³-hybridized carbons (Fsp3) is 0.175. The maximum atomic E-state index is 5.33.